The standard InChI is InChI=1S/C20H23NO4/c1-20(2)11-14-8-6-10-17(19(14)25-20)24-13-18(22)21-12-15-7-4-5-9-16(15)23-3/h4-10H,11-13H2,1-3H3,(H,21,22). The third kappa shape index (κ3) is 4.05. The Bertz CT molecular complexity index is 770. The van der Waals surface area contributed by atoms with Crippen molar-refractivity contribution < 1.29 is 19.0 Å². The fourth-order valence-electron chi connectivity index (χ4n) is 2.94. The van der Waals surface area contributed by atoms with Crippen LogP contribution < -0.4 is 19.5 Å². The summed E-state index contributed by atoms with van der Waals surface area (Å²) in [6.07, 6.45) is 0.833. The van der Waals surface area contributed by atoms with Gasteiger partial charge in [0, 0.05) is 24.1 Å². The molecule has 3 rings (SSSR count). The second kappa shape index (κ2) is 7.05. The number of carbonyl (C=O) groups is 1. The van der Waals surface area contributed by atoms with Crippen LogP contribution in [0, 0.1) is 0 Å². The molecule has 5 nitrogen and oxygen atoms in total. The molecule has 0 spiro atoms. The number of fused-ring (bicyclic) bond motifs is 1. The number of ether oxygens (including phenoxy) is 3. The minimum Gasteiger partial charge on any atom is -0.496 e. The maximum atomic E-state index is 12.1. The molecule has 2 aromatic rings. The molecule has 0 saturated heterocycles. The van der Waals surface area contributed by atoms with E-state index in [2.05, 4.69) is 5.32 Å². The number of hydrogen-bond acceptors (Lipinski definition) is 4. The first-order chi connectivity index (χ1) is 12.0. The average molecular weight is 341 g/mol. The summed E-state index contributed by atoms with van der Waals surface area (Å²) in [4.78, 5) is 12.1. The lowest BCUT2D eigenvalue weighted by molar-refractivity contribution is -0.123. The van der Waals surface area contributed by atoms with Gasteiger partial charge in [0.2, 0.25) is 0 Å². The van der Waals surface area contributed by atoms with Crippen molar-refractivity contribution in [1.82, 2.24) is 5.32 Å². The van der Waals surface area contributed by atoms with Crippen molar-refractivity contribution in [3.63, 3.8) is 0 Å². The van der Waals surface area contributed by atoms with E-state index >= 15 is 0 Å². The van der Waals surface area contributed by atoms with Crippen molar-refractivity contribution in [2.45, 2.75) is 32.4 Å². The highest BCUT2D eigenvalue weighted by molar-refractivity contribution is 5.77. The molecule has 1 aliphatic rings. The van der Waals surface area contributed by atoms with Gasteiger partial charge >= 0.3 is 0 Å². The quantitative estimate of drug-likeness (QED) is 0.877. The van der Waals surface area contributed by atoms with Crippen LogP contribution in [0.1, 0.15) is 25.0 Å². The average Bonchev–Trinajstić information content (AvgIpc) is 2.92. The first-order valence-electron chi connectivity index (χ1n) is 8.31. The Morgan fingerprint density at radius 2 is 1.92 bits per heavy atom. The molecule has 0 aliphatic carbocycles. The molecule has 0 unspecified atom stereocenters. The third-order valence-electron chi connectivity index (χ3n) is 4.08. The van der Waals surface area contributed by atoms with E-state index in [0.717, 1.165) is 29.0 Å². The number of benzene rings is 2. The Hall–Kier alpha value is -2.69. The van der Waals surface area contributed by atoms with Crippen LogP contribution in [-0.4, -0.2) is 25.2 Å². The lowest BCUT2D eigenvalue weighted by Gasteiger charge is -2.18. The van der Waals surface area contributed by atoms with Crippen LogP contribution in [-0.2, 0) is 17.8 Å². The van der Waals surface area contributed by atoms with E-state index in [1.807, 2.05) is 56.3 Å². The Balaban J connectivity index is 1.56. The molecule has 0 atom stereocenters. The van der Waals surface area contributed by atoms with Crippen LogP contribution in [0.2, 0.25) is 0 Å². The van der Waals surface area contributed by atoms with Gasteiger partial charge < -0.3 is 19.5 Å². The second-order valence-corrected chi connectivity index (χ2v) is 6.66. The van der Waals surface area contributed by atoms with Crippen LogP contribution in [0.25, 0.3) is 0 Å². The number of hydrogen-bond donors (Lipinski definition) is 1. The van der Waals surface area contributed by atoms with Gasteiger partial charge in [0.15, 0.2) is 18.1 Å². The fourth-order valence-corrected chi connectivity index (χ4v) is 2.94. The van der Waals surface area contributed by atoms with Crippen LogP contribution in [0.5, 0.6) is 17.2 Å². The van der Waals surface area contributed by atoms with Gasteiger partial charge in [-0.2, -0.15) is 0 Å². The molecule has 0 radical (unpaired) electrons. The van der Waals surface area contributed by atoms with Gasteiger partial charge in [-0.05, 0) is 26.0 Å². The number of methoxy groups -OCH3 is 1. The van der Waals surface area contributed by atoms with Gasteiger partial charge in [0.25, 0.3) is 5.91 Å². The summed E-state index contributed by atoms with van der Waals surface area (Å²) in [5.74, 6) is 1.90. The van der Waals surface area contributed by atoms with Gasteiger partial charge in [-0.25, -0.2) is 0 Å². The lowest BCUT2D eigenvalue weighted by Crippen LogP contribution is -2.28. The molecule has 132 valence electrons. The van der Waals surface area contributed by atoms with E-state index in [4.69, 9.17) is 14.2 Å². The highest BCUT2D eigenvalue weighted by Gasteiger charge is 2.32. The third-order valence-corrected chi connectivity index (χ3v) is 4.08. The first kappa shape index (κ1) is 17.1. The normalized spacial score (nSPS) is 14.4. The molecule has 0 aromatic heterocycles. The molecular formula is C20H23NO4. The highest BCUT2D eigenvalue weighted by atomic mass is 16.5. The lowest BCUT2D eigenvalue weighted by atomic mass is 10.0. The zero-order valence-corrected chi connectivity index (χ0v) is 14.8. The number of carbonyl (C=O) groups excluding carboxylic acids is 1. The molecule has 1 aliphatic heterocycles. The number of nitrogens with one attached hydrogen (secondary N) is 1. The smallest absolute Gasteiger partial charge is 0.258 e. The fraction of sp³-hybridized carbons (Fsp3) is 0.350. The predicted molar refractivity (Wildman–Crippen MR) is 95.2 cm³/mol. The zero-order chi connectivity index (χ0) is 17.9. The Kier molecular flexibility index (Phi) is 4.83. The molecular weight excluding hydrogens is 318 g/mol. The van der Waals surface area contributed by atoms with Crippen molar-refractivity contribution >= 4 is 5.91 Å². The van der Waals surface area contributed by atoms with E-state index in [-0.39, 0.29) is 18.1 Å². The van der Waals surface area contributed by atoms with E-state index in [1.54, 1.807) is 7.11 Å². The van der Waals surface area contributed by atoms with Crippen molar-refractivity contribution in [3.05, 3.63) is 53.6 Å². The summed E-state index contributed by atoms with van der Waals surface area (Å²) in [6.45, 7) is 4.41. The van der Waals surface area contributed by atoms with Crippen LogP contribution in [0.15, 0.2) is 42.5 Å². The molecule has 5 heteroatoms. The molecule has 1 amide bonds. The van der Waals surface area contributed by atoms with Gasteiger partial charge in [0.05, 0.1) is 7.11 Å². The molecule has 2 aromatic carbocycles. The molecule has 0 bridgehead atoms. The maximum absolute atomic E-state index is 12.1. The summed E-state index contributed by atoms with van der Waals surface area (Å²) in [7, 11) is 1.61. The summed E-state index contributed by atoms with van der Waals surface area (Å²) in [6, 6.07) is 13.4. The predicted octanol–water partition coefficient (Wildman–Crippen LogP) is 3.10. The van der Waals surface area contributed by atoms with Crippen LogP contribution in [0.3, 0.4) is 0 Å². The van der Waals surface area contributed by atoms with Crippen LogP contribution in [0.4, 0.5) is 0 Å². The monoisotopic (exact) mass is 341 g/mol. The topological polar surface area (TPSA) is 56.8 Å². The summed E-state index contributed by atoms with van der Waals surface area (Å²) in [5.41, 5.74) is 1.79. The van der Waals surface area contributed by atoms with Crippen LogP contribution >= 0.6 is 0 Å². The summed E-state index contributed by atoms with van der Waals surface area (Å²) < 4.78 is 16.9. The van der Waals surface area contributed by atoms with E-state index in [0.29, 0.717) is 12.3 Å². The van der Waals surface area contributed by atoms with Gasteiger partial charge in [0.1, 0.15) is 11.4 Å². The highest BCUT2D eigenvalue weighted by Crippen LogP contribution is 2.41. The van der Waals surface area contributed by atoms with Gasteiger partial charge in [-0.15, -0.1) is 0 Å². The van der Waals surface area contributed by atoms with Crippen molar-refractivity contribution in [1.29, 1.82) is 0 Å². The van der Waals surface area contributed by atoms with E-state index in [9.17, 15) is 4.79 Å². The molecule has 0 saturated carbocycles. The molecule has 25 heavy (non-hydrogen) atoms. The largest absolute Gasteiger partial charge is 0.496 e. The molecule has 1 N–H and O–H groups in total. The summed E-state index contributed by atoms with van der Waals surface area (Å²) in [5, 5.41) is 2.84. The number of rotatable bonds is 6. The van der Waals surface area contributed by atoms with Gasteiger partial charge in [-0.1, -0.05) is 30.3 Å². The second-order valence-electron chi connectivity index (χ2n) is 6.66. The van der Waals surface area contributed by atoms with Crippen molar-refractivity contribution in [2.75, 3.05) is 13.7 Å². The number of para-hydroxylation sites is 2. The van der Waals surface area contributed by atoms with Crippen molar-refractivity contribution in [3.8, 4) is 17.2 Å². The minimum atomic E-state index is -0.242. The Morgan fingerprint density at radius 1 is 1.16 bits per heavy atom. The molecule has 0 fully saturated rings. The van der Waals surface area contributed by atoms with E-state index in [1.165, 1.54) is 0 Å². The maximum Gasteiger partial charge on any atom is 0.258 e. The SMILES string of the molecule is COc1ccccc1CNC(=O)COc1cccc2c1OC(C)(C)C2. The summed E-state index contributed by atoms with van der Waals surface area (Å²) >= 11 is 0. The molecule has 1 heterocycles. The Morgan fingerprint density at radius 3 is 2.72 bits per heavy atom. The Labute approximate surface area is 147 Å². The minimum absolute atomic E-state index is 0.0601. The van der Waals surface area contributed by atoms with Gasteiger partial charge in [-0.3, -0.25) is 4.79 Å². The zero-order valence-electron chi connectivity index (χ0n) is 14.8. The van der Waals surface area contributed by atoms with Crippen molar-refractivity contribution in [2.24, 2.45) is 0 Å². The van der Waals surface area contributed by atoms with E-state index < -0.39 is 0 Å². The first-order valence-corrected chi connectivity index (χ1v) is 8.31. The number of amides is 1.